The lowest BCUT2D eigenvalue weighted by Gasteiger charge is -2.08. The van der Waals surface area contributed by atoms with Crippen LogP contribution in [0.4, 0.5) is 5.82 Å². The molecule has 2 aromatic rings. The Kier molecular flexibility index (Phi) is 5.66. The number of aromatic nitrogens is 1. The summed E-state index contributed by atoms with van der Waals surface area (Å²) in [6.07, 6.45) is 0.982. The maximum absolute atomic E-state index is 9.16. The van der Waals surface area contributed by atoms with Crippen LogP contribution in [0.1, 0.15) is 30.2 Å². The van der Waals surface area contributed by atoms with Crippen LogP contribution in [0.2, 0.25) is 5.02 Å². The topological polar surface area (TPSA) is 82.7 Å². The first-order valence-electron chi connectivity index (χ1n) is 7.06. The van der Waals surface area contributed by atoms with Crippen molar-refractivity contribution in [3.05, 3.63) is 46.2 Å². The molecule has 0 aliphatic carbocycles. The van der Waals surface area contributed by atoms with Crippen molar-refractivity contribution >= 4 is 23.3 Å². The number of nitrogens with zero attached hydrogens (tertiary/aromatic N) is 2. The second kappa shape index (κ2) is 7.70. The number of benzene rings is 1. The molecule has 0 aliphatic heterocycles. The second-order valence-corrected chi connectivity index (χ2v) is 5.31. The molecule has 1 heterocycles. The first kappa shape index (κ1) is 16.2. The van der Waals surface area contributed by atoms with Gasteiger partial charge in [0, 0.05) is 24.2 Å². The van der Waals surface area contributed by atoms with E-state index in [0.717, 1.165) is 24.1 Å². The summed E-state index contributed by atoms with van der Waals surface area (Å²) in [6, 6.07) is 7.33. The summed E-state index contributed by atoms with van der Waals surface area (Å²) >= 11 is 5.99. The van der Waals surface area contributed by atoms with Crippen LogP contribution < -0.4 is 10.6 Å². The second-order valence-electron chi connectivity index (χ2n) is 4.88. The molecule has 0 bridgehead atoms. The van der Waals surface area contributed by atoms with Crippen molar-refractivity contribution in [2.45, 2.75) is 26.8 Å². The highest BCUT2D eigenvalue weighted by Gasteiger charge is 2.12. The Morgan fingerprint density at radius 3 is 2.95 bits per heavy atom. The Morgan fingerprint density at radius 1 is 1.41 bits per heavy atom. The minimum Gasteiger partial charge on any atom is -0.409 e. The van der Waals surface area contributed by atoms with Gasteiger partial charge < -0.3 is 20.4 Å². The van der Waals surface area contributed by atoms with Gasteiger partial charge in [-0.15, -0.1) is 0 Å². The molecule has 0 radical (unpaired) electrons. The Balaban J connectivity index is 2.03. The van der Waals surface area contributed by atoms with E-state index in [-0.39, 0.29) is 5.84 Å². The van der Waals surface area contributed by atoms with E-state index >= 15 is 0 Å². The fourth-order valence-electron chi connectivity index (χ4n) is 1.90. The molecule has 7 heteroatoms. The third kappa shape index (κ3) is 4.14. The van der Waals surface area contributed by atoms with Crippen molar-refractivity contribution in [3.8, 4) is 0 Å². The van der Waals surface area contributed by atoms with E-state index in [0.29, 0.717) is 23.1 Å². The van der Waals surface area contributed by atoms with E-state index in [1.165, 1.54) is 0 Å². The number of hydrogen-bond acceptors (Lipinski definition) is 5. The van der Waals surface area contributed by atoms with Gasteiger partial charge in [-0.1, -0.05) is 34.9 Å². The van der Waals surface area contributed by atoms with Crippen molar-refractivity contribution in [3.63, 3.8) is 0 Å². The van der Waals surface area contributed by atoms with Crippen molar-refractivity contribution in [2.24, 2.45) is 5.16 Å². The first-order chi connectivity index (χ1) is 10.6. The lowest BCUT2D eigenvalue weighted by atomic mass is 10.1. The van der Waals surface area contributed by atoms with Gasteiger partial charge in [-0.25, -0.2) is 0 Å². The SMILES string of the molecule is CCCNc1cc(C(=NO)NCc2cc(Cl)ccc2C)on1. The van der Waals surface area contributed by atoms with Gasteiger partial charge in [0.05, 0.1) is 0 Å². The number of amidine groups is 1. The summed E-state index contributed by atoms with van der Waals surface area (Å²) in [5.74, 6) is 1.19. The van der Waals surface area contributed by atoms with E-state index in [1.807, 2.05) is 25.1 Å². The number of hydrogen-bond donors (Lipinski definition) is 3. The molecule has 2 rings (SSSR count). The summed E-state index contributed by atoms with van der Waals surface area (Å²) in [5, 5.41) is 23.0. The van der Waals surface area contributed by atoms with Gasteiger partial charge in [0.25, 0.3) is 0 Å². The van der Waals surface area contributed by atoms with Crippen LogP contribution in [-0.2, 0) is 6.54 Å². The molecule has 1 aromatic carbocycles. The van der Waals surface area contributed by atoms with E-state index in [9.17, 15) is 0 Å². The molecule has 3 N–H and O–H groups in total. The number of rotatable bonds is 6. The van der Waals surface area contributed by atoms with Crippen LogP contribution in [0.5, 0.6) is 0 Å². The highest BCUT2D eigenvalue weighted by Crippen LogP contribution is 2.16. The van der Waals surface area contributed by atoms with E-state index in [1.54, 1.807) is 6.07 Å². The van der Waals surface area contributed by atoms with Crippen LogP contribution in [-0.4, -0.2) is 22.7 Å². The van der Waals surface area contributed by atoms with Crippen molar-refractivity contribution < 1.29 is 9.73 Å². The number of halogens is 1. The molecular formula is C15H19ClN4O2. The van der Waals surface area contributed by atoms with E-state index in [4.69, 9.17) is 21.3 Å². The molecule has 0 atom stereocenters. The Morgan fingerprint density at radius 2 is 2.23 bits per heavy atom. The number of oxime groups is 1. The number of aryl methyl sites for hydroxylation is 1. The molecule has 118 valence electrons. The minimum absolute atomic E-state index is 0.219. The van der Waals surface area contributed by atoms with Gasteiger partial charge in [-0.3, -0.25) is 0 Å². The van der Waals surface area contributed by atoms with Crippen LogP contribution in [0.3, 0.4) is 0 Å². The average Bonchev–Trinajstić information content (AvgIpc) is 2.98. The van der Waals surface area contributed by atoms with E-state index < -0.39 is 0 Å². The molecule has 0 spiro atoms. The Bertz CT molecular complexity index is 655. The van der Waals surface area contributed by atoms with Crippen molar-refractivity contribution in [1.29, 1.82) is 0 Å². The molecule has 22 heavy (non-hydrogen) atoms. The maximum Gasteiger partial charge on any atom is 0.211 e. The molecule has 0 saturated carbocycles. The fourth-order valence-corrected chi connectivity index (χ4v) is 2.10. The maximum atomic E-state index is 9.16. The summed E-state index contributed by atoms with van der Waals surface area (Å²) in [4.78, 5) is 0. The van der Waals surface area contributed by atoms with Crippen LogP contribution in [0.25, 0.3) is 0 Å². The highest BCUT2D eigenvalue weighted by atomic mass is 35.5. The predicted molar refractivity (Wildman–Crippen MR) is 86.6 cm³/mol. The lowest BCUT2D eigenvalue weighted by Crippen LogP contribution is -2.24. The third-order valence-electron chi connectivity index (χ3n) is 3.16. The molecule has 0 saturated heterocycles. The minimum atomic E-state index is 0.219. The lowest BCUT2D eigenvalue weighted by molar-refractivity contribution is 0.313. The van der Waals surface area contributed by atoms with Crippen LogP contribution >= 0.6 is 11.6 Å². The number of nitrogens with one attached hydrogen (secondary N) is 2. The van der Waals surface area contributed by atoms with Crippen LogP contribution in [0.15, 0.2) is 33.9 Å². The highest BCUT2D eigenvalue weighted by molar-refractivity contribution is 6.30. The number of anilines is 1. The molecule has 6 nitrogen and oxygen atoms in total. The standard InChI is InChI=1S/C15H19ClN4O2/c1-3-6-17-14-8-13(22-20-14)15(19-21)18-9-11-7-12(16)5-4-10(11)2/h4-5,7-8,21H,3,6,9H2,1-2H3,(H,17,20)(H,18,19). The summed E-state index contributed by atoms with van der Waals surface area (Å²) in [6.45, 7) is 5.31. The first-order valence-corrected chi connectivity index (χ1v) is 7.43. The van der Waals surface area contributed by atoms with Crippen molar-refractivity contribution in [2.75, 3.05) is 11.9 Å². The molecule has 0 aliphatic rings. The Labute approximate surface area is 134 Å². The molecule has 1 aromatic heterocycles. The van der Waals surface area contributed by atoms with E-state index in [2.05, 4.69) is 27.9 Å². The third-order valence-corrected chi connectivity index (χ3v) is 3.39. The summed E-state index contributed by atoms with van der Waals surface area (Å²) in [5.41, 5.74) is 2.11. The fraction of sp³-hybridized carbons (Fsp3) is 0.333. The zero-order valence-corrected chi connectivity index (χ0v) is 13.3. The van der Waals surface area contributed by atoms with Gasteiger partial charge in [0.2, 0.25) is 11.6 Å². The zero-order valence-electron chi connectivity index (χ0n) is 12.6. The van der Waals surface area contributed by atoms with Crippen molar-refractivity contribution in [1.82, 2.24) is 10.5 Å². The van der Waals surface area contributed by atoms with Gasteiger partial charge >= 0.3 is 0 Å². The zero-order chi connectivity index (χ0) is 15.9. The largest absolute Gasteiger partial charge is 0.409 e. The monoisotopic (exact) mass is 322 g/mol. The normalized spacial score (nSPS) is 11.5. The van der Waals surface area contributed by atoms with Gasteiger partial charge in [-0.05, 0) is 36.6 Å². The quantitative estimate of drug-likeness (QED) is 0.329. The molecular weight excluding hydrogens is 304 g/mol. The summed E-state index contributed by atoms with van der Waals surface area (Å²) in [7, 11) is 0. The molecule has 0 amide bonds. The molecule has 0 unspecified atom stereocenters. The summed E-state index contributed by atoms with van der Waals surface area (Å²) < 4.78 is 5.17. The molecule has 0 fully saturated rings. The average molecular weight is 323 g/mol. The Hall–Kier alpha value is -2.21. The predicted octanol–water partition coefficient (Wildman–Crippen LogP) is 3.38. The van der Waals surface area contributed by atoms with Crippen LogP contribution in [0, 0.1) is 6.92 Å². The van der Waals surface area contributed by atoms with Gasteiger partial charge in [-0.2, -0.15) is 0 Å². The van der Waals surface area contributed by atoms with Gasteiger partial charge in [0.1, 0.15) is 0 Å². The smallest absolute Gasteiger partial charge is 0.211 e. The van der Waals surface area contributed by atoms with Gasteiger partial charge in [0.15, 0.2) is 5.82 Å².